The van der Waals surface area contributed by atoms with Crippen LogP contribution in [0.15, 0.2) is 53.2 Å². The predicted molar refractivity (Wildman–Crippen MR) is 105 cm³/mol. The third kappa shape index (κ3) is 4.55. The Bertz CT molecular complexity index is 1040. The van der Waals surface area contributed by atoms with Gasteiger partial charge in [0.2, 0.25) is 5.90 Å². The van der Waals surface area contributed by atoms with Gasteiger partial charge in [-0.3, -0.25) is 10.1 Å². The fraction of sp³-hybridized carbons (Fsp3) is 0.190. The number of ether oxygens (including phenoxy) is 2. The highest BCUT2D eigenvalue weighted by Crippen LogP contribution is 2.24. The van der Waals surface area contributed by atoms with Gasteiger partial charge >= 0.3 is 11.9 Å². The van der Waals surface area contributed by atoms with Gasteiger partial charge in [0.1, 0.15) is 0 Å². The van der Waals surface area contributed by atoms with E-state index in [4.69, 9.17) is 9.47 Å². The zero-order chi connectivity index (χ0) is 21.0. The van der Waals surface area contributed by atoms with Crippen LogP contribution in [-0.4, -0.2) is 29.4 Å². The molecule has 0 fully saturated rings. The van der Waals surface area contributed by atoms with Crippen molar-refractivity contribution in [1.82, 2.24) is 0 Å². The van der Waals surface area contributed by atoms with E-state index >= 15 is 0 Å². The molecule has 0 radical (unpaired) electrons. The molecule has 0 aliphatic carbocycles. The lowest BCUT2D eigenvalue weighted by atomic mass is 10.1. The molecule has 2 aromatic carbocycles. The highest BCUT2D eigenvalue weighted by molar-refractivity contribution is 6.13. The third-order valence-electron chi connectivity index (χ3n) is 4.16. The molecule has 8 heteroatoms. The summed E-state index contributed by atoms with van der Waals surface area (Å²) >= 11 is 0. The molecule has 29 heavy (non-hydrogen) atoms. The minimum absolute atomic E-state index is 0.00381. The molecule has 0 atom stereocenters. The molecule has 1 aliphatic heterocycles. The number of rotatable bonds is 6. The Kier molecular flexibility index (Phi) is 5.82. The molecule has 148 valence electrons. The molecule has 0 aromatic heterocycles. The first-order chi connectivity index (χ1) is 13.9. The van der Waals surface area contributed by atoms with Crippen molar-refractivity contribution in [2.75, 3.05) is 6.61 Å². The Balaban J connectivity index is 1.83. The zero-order valence-electron chi connectivity index (χ0n) is 15.9. The van der Waals surface area contributed by atoms with Crippen LogP contribution in [0.3, 0.4) is 0 Å². The maximum Gasteiger partial charge on any atom is 0.363 e. The van der Waals surface area contributed by atoms with Crippen LogP contribution in [0.2, 0.25) is 0 Å². The maximum absolute atomic E-state index is 12.1. The Labute approximate surface area is 166 Å². The van der Waals surface area contributed by atoms with Gasteiger partial charge in [-0.25, -0.2) is 14.6 Å². The molecule has 1 aliphatic rings. The average Bonchev–Trinajstić information content (AvgIpc) is 3.07. The number of aliphatic imine (C=N–C) groups is 1. The van der Waals surface area contributed by atoms with Crippen LogP contribution >= 0.6 is 0 Å². The molecule has 1 heterocycles. The molecule has 0 bridgehead atoms. The normalized spacial score (nSPS) is 14.5. The van der Waals surface area contributed by atoms with Gasteiger partial charge in [-0.1, -0.05) is 25.1 Å². The van der Waals surface area contributed by atoms with E-state index in [0.717, 1.165) is 6.42 Å². The van der Waals surface area contributed by atoms with E-state index < -0.39 is 16.9 Å². The van der Waals surface area contributed by atoms with Crippen LogP contribution in [0.5, 0.6) is 0 Å². The van der Waals surface area contributed by atoms with Crippen molar-refractivity contribution >= 4 is 29.6 Å². The van der Waals surface area contributed by atoms with Crippen LogP contribution in [0.25, 0.3) is 6.08 Å². The lowest BCUT2D eigenvalue weighted by molar-refractivity contribution is -0.385. The number of nitro benzene ring substituents is 1. The summed E-state index contributed by atoms with van der Waals surface area (Å²) in [4.78, 5) is 38.7. The van der Waals surface area contributed by atoms with Gasteiger partial charge in [-0.05, 0) is 43.2 Å². The second-order valence-corrected chi connectivity index (χ2v) is 6.35. The summed E-state index contributed by atoms with van der Waals surface area (Å²) in [5, 5.41) is 11.1. The van der Waals surface area contributed by atoms with Crippen LogP contribution in [0.4, 0.5) is 5.69 Å². The van der Waals surface area contributed by atoms with Gasteiger partial charge in [0.15, 0.2) is 5.70 Å². The standard InChI is InChI=1S/C21H18N2O6/c1-3-10-28-20(24)15-8-5-14(6-9-15)11-17-21(25)29-19(22-17)16-7-4-13(2)18(12-16)23(26)27/h4-9,11-12H,3,10H2,1-2H3/b17-11-. The van der Waals surface area contributed by atoms with Crippen molar-refractivity contribution in [2.45, 2.75) is 20.3 Å². The van der Waals surface area contributed by atoms with Crippen LogP contribution in [-0.2, 0) is 14.3 Å². The Morgan fingerprint density at radius 3 is 2.62 bits per heavy atom. The van der Waals surface area contributed by atoms with Crippen molar-refractivity contribution in [3.05, 3.63) is 80.5 Å². The van der Waals surface area contributed by atoms with E-state index in [1.807, 2.05) is 6.92 Å². The zero-order valence-corrected chi connectivity index (χ0v) is 15.9. The van der Waals surface area contributed by atoms with Crippen LogP contribution in [0.1, 0.15) is 40.4 Å². The quantitative estimate of drug-likeness (QED) is 0.319. The van der Waals surface area contributed by atoms with Gasteiger partial charge in [0, 0.05) is 17.2 Å². The fourth-order valence-corrected chi connectivity index (χ4v) is 2.62. The number of esters is 2. The minimum atomic E-state index is -0.658. The van der Waals surface area contributed by atoms with E-state index in [1.165, 1.54) is 12.1 Å². The van der Waals surface area contributed by atoms with E-state index in [9.17, 15) is 19.7 Å². The van der Waals surface area contributed by atoms with Crippen LogP contribution in [0, 0.1) is 17.0 Å². The van der Waals surface area contributed by atoms with Gasteiger partial charge in [0.25, 0.3) is 5.69 Å². The van der Waals surface area contributed by atoms with Gasteiger partial charge < -0.3 is 9.47 Å². The van der Waals surface area contributed by atoms with E-state index in [-0.39, 0.29) is 17.3 Å². The summed E-state index contributed by atoms with van der Waals surface area (Å²) < 4.78 is 10.2. The number of hydrogen-bond donors (Lipinski definition) is 0. The number of benzene rings is 2. The molecule has 2 aromatic rings. The fourth-order valence-electron chi connectivity index (χ4n) is 2.62. The van der Waals surface area contributed by atoms with Crippen molar-refractivity contribution < 1.29 is 24.0 Å². The highest BCUT2D eigenvalue weighted by Gasteiger charge is 2.25. The molecule has 0 unspecified atom stereocenters. The van der Waals surface area contributed by atoms with Crippen LogP contribution < -0.4 is 0 Å². The van der Waals surface area contributed by atoms with Crippen molar-refractivity contribution in [3.63, 3.8) is 0 Å². The summed E-state index contributed by atoms with van der Waals surface area (Å²) in [7, 11) is 0. The Morgan fingerprint density at radius 2 is 1.97 bits per heavy atom. The molecule has 3 rings (SSSR count). The summed E-state index contributed by atoms with van der Waals surface area (Å²) in [6, 6.07) is 11.0. The molecular formula is C21H18N2O6. The Hall–Kier alpha value is -3.81. The van der Waals surface area contributed by atoms with E-state index in [2.05, 4.69) is 4.99 Å². The monoisotopic (exact) mass is 394 g/mol. The largest absolute Gasteiger partial charge is 0.462 e. The first-order valence-corrected chi connectivity index (χ1v) is 8.94. The second kappa shape index (κ2) is 8.47. The summed E-state index contributed by atoms with van der Waals surface area (Å²) in [6.07, 6.45) is 2.25. The van der Waals surface area contributed by atoms with E-state index in [1.54, 1.807) is 43.3 Å². The van der Waals surface area contributed by atoms with Gasteiger partial charge in [0.05, 0.1) is 17.1 Å². The molecule has 0 spiro atoms. The first kappa shape index (κ1) is 19.9. The summed E-state index contributed by atoms with van der Waals surface area (Å²) in [6.45, 7) is 3.88. The van der Waals surface area contributed by atoms with Gasteiger partial charge in [-0.2, -0.15) is 0 Å². The second-order valence-electron chi connectivity index (χ2n) is 6.35. The molecular weight excluding hydrogens is 376 g/mol. The lowest BCUT2D eigenvalue weighted by Crippen LogP contribution is -2.06. The SMILES string of the molecule is CCCOC(=O)c1ccc(/C=C2\N=C(c3ccc(C)c([N+](=O)[O-])c3)OC2=O)cc1. The number of nitro groups is 1. The number of carbonyl (C=O) groups is 2. The van der Waals surface area contributed by atoms with Crippen molar-refractivity contribution in [2.24, 2.45) is 4.99 Å². The van der Waals surface area contributed by atoms with Crippen molar-refractivity contribution in [3.8, 4) is 0 Å². The molecule has 0 saturated carbocycles. The number of hydrogen-bond acceptors (Lipinski definition) is 7. The Morgan fingerprint density at radius 1 is 1.24 bits per heavy atom. The molecule has 8 nitrogen and oxygen atoms in total. The topological polar surface area (TPSA) is 108 Å². The first-order valence-electron chi connectivity index (χ1n) is 8.94. The molecule has 0 amide bonds. The summed E-state index contributed by atoms with van der Waals surface area (Å²) in [5.74, 6) is -1.06. The van der Waals surface area contributed by atoms with E-state index in [0.29, 0.717) is 28.9 Å². The number of nitrogens with zero attached hydrogens (tertiary/aromatic N) is 2. The smallest absolute Gasteiger partial charge is 0.363 e. The van der Waals surface area contributed by atoms with Crippen molar-refractivity contribution in [1.29, 1.82) is 0 Å². The minimum Gasteiger partial charge on any atom is -0.462 e. The summed E-state index contributed by atoms with van der Waals surface area (Å²) in [5.41, 5.74) is 1.87. The number of carbonyl (C=O) groups excluding carboxylic acids is 2. The number of aryl methyl sites for hydroxylation is 1. The average molecular weight is 394 g/mol. The third-order valence-corrected chi connectivity index (χ3v) is 4.16. The maximum atomic E-state index is 12.1. The molecule has 0 saturated heterocycles. The van der Waals surface area contributed by atoms with Gasteiger partial charge in [-0.15, -0.1) is 0 Å². The highest BCUT2D eigenvalue weighted by atomic mass is 16.6. The molecule has 0 N–H and O–H groups in total. The predicted octanol–water partition coefficient (Wildman–Crippen LogP) is 3.81. The number of cyclic esters (lactones) is 1. The lowest BCUT2D eigenvalue weighted by Gasteiger charge is -2.03.